The van der Waals surface area contributed by atoms with Gasteiger partial charge in [0.15, 0.2) is 0 Å². The first-order valence-corrected chi connectivity index (χ1v) is 6.50. The second-order valence-corrected chi connectivity index (χ2v) is 5.13. The largest absolute Gasteiger partial charge is 0.306 e. The Labute approximate surface area is 95.5 Å². The highest BCUT2D eigenvalue weighted by Gasteiger charge is 2.33. The van der Waals surface area contributed by atoms with E-state index in [0.29, 0.717) is 5.41 Å². The van der Waals surface area contributed by atoms with E-state index in [2.05, 4.69) is 38.8 Å². The molecular formula is C14H27N. The van der Waals surface area contributed by atoms with Crippen molar-refractivity contribution in [1.82, 2.24) is 4.90 Å². The van der Waals surface area contributed by atoms with E-state index in [0.717, 1.165) is 0 Å². The van der Waals surface area contributed by atoms with Crippen molar-refractivity contribution in [3.63, 3.8) is 0 Å². The van der Waals surface area contributed by atoms with Gasteiger partial charge in [0, 0.05) is 0 Å². The number of hydrogen-bond acceptors (Lipinski definition) is 1. The topological polar surface area (TPSA) is 3.24 Å². The summed E-state index contributed by atoms with van der Waals surface area (Å²) in [5, 5.41) is 0. The lowest BCUT2D eigenvalue weighted by Gasteiger charge is -2.42. The lowest BCUT2D eigenvalue weighted by Crippen LogP contribution is -2.38. The minimum absolute atomic E-state index is 0.539. The zero-order valence-electron chi connectivity index (χ0n) is 11.0. The van der Waals surface area contributed by atoms with Crippen LogP contribution >= 0.6 is 0 Å². The highest BCUT2D eigenvalue weighted by atomic mass is 15.1. The van der Waals surface area contributed by atoms with Gasteiger partial charge in [0.1, 0.15) is 0 Å². The third kappa shape index (κ3) is 3.07. The van der Waals surface area contributed by atoms with E-state index in [1.54, 1.807) is 5.57 Å². The summed E-state index contributed by atoms with van der Waals surface area (Å²) in [6, 6.07) is 0. The molecule has 1 nitrogen and oxygen atoms in total. The van der Waals surface area contributed by atoms with Crippen molar-refractivity contribution in [2.45, 2.75) is 52.9 Å². The monoisotopic (exact) mass is 209 g/mol. The molecule has 0 bridgehead atoms. The second kappa shape index (κ2) is 5.69. The summed E-state index contributed by atoms with van der Waals surface area (Å²) in [6.07, 6.45) is 9.05. The predicted molar refractivity (Wildman–Crippen MR) is 68.1 cm³/mol. The van der Waals surface area contributed by atoms with Gasteiger partial charge in [0.05, 0.1) is 0 Å². The molecule has 1 saturated heterocycles. The van der Waals surface area contributed by atoms with E-state index in [9.17, 15) is 0 Å². The average Bonchev–Trinajstić information content (AvgIpc) is 2.22. The maximum atomic E-state index is 2.47. The first-order chi connectivity index (χ1) is 7.14. The SMILES string of the molecule is CCC=C(C)C1(CCC)CCN(C)CC1. The van der Waals surface area contributed by atoms with Crippen LogP contribution in [0.1, 0.15) is 52.9 Å². The number of likely N-dealkylation sites (tertiary alicyclic amines) is 1. The molecule has 1 rings (SSSR count). The lowest BCUT2D eigenvalue weighted by molar-refractivity contribution is 0.144. The summed E-state index contributed by atoms with van der Waals surface area (Å²) in [6.45, 7) is 9.46. The van der Waals surface area contributed by atoms with Crippen LogP contribution in [-0.2, 0) is 0 Å². The maximum Gasteiger partial charge on any atom is -0.00134 e. The van der Waals surface area contributed by atoms with E-state index in [4.69, 9.17) is 0 Å². The molecule has 0 aromatic carbocycles. The molecule has 15 heavy (non-hydrogen) atoms. The van der Waals surface area contributed by atoms with E-state index in [1.165, 1.54) is 45.2 Å². The normalized spacial score (nSPS) is 23.1. The summed E-state index contributed by atoms with van der Waals surface area (Å²) in [4.78, 5) is 2.47. The molecule has 1 aliphatic rings. The van der Waals surface area contributed by atoms with Crippen molar-refractivity contribution < 1.29 is 0 Å². The summed E-state index contributed by atoms with van der Waals surface area (Å²) in [5.74, 6) is 0. The summed E-state index contributed by atoms with van der Waals surface area (Å²) >= 11 is 0. The average molecular weight is 209 g/mol. The van der Waals surface area contributed by atoms with Crippen LogP contribution in [0.15, 0.2) is 11.6 Å². The van der Waals surface area contributed by atoms with Crippen LogP contribution in [0.2, 0.25) is 0 Å². The lowest BCUT2D eigenvalue weighted by atomic mass is 9.70. The van der Waals surface area contributed by atoms with Gasteiger partial charge in [0.25, 0.3) is 0 Å². The van der Waals surface area contributed by atoms with Gasteiger partial charge in [-0.1, -0.05) is 31.9 Å². The summed E-state index contributed by atoms with van der Waals surface area (Å²) in [5.41, 5.74) is 2.19. The molecule has 0 aromatic rings. The Morgan fingerprint density at radius 3 is 2.33 bits per heavy atom. The van der Waals surface area contributed by atoms with E-state index in [-0.39, 0.29) is 0 Å². The van der Waals surface area contributed by atoms with Crippen LogP contribution in [0.5, 0.6) is 0 Å². The Hall–Kier alpha value is -0.300. The van der Waals surface area contributed by atoms with Crippen LogP contribution in [0.3, 0.4) is 0 Å². The van der Waals surface area contributed by atoms with Crippen molar-refractivity contribution in [1.29, 1.82) is 0 Å². The molecule has 1 fully saturated rings. The fourth-order valence-corrected chi connectivity index (χ4v) is 2.89. The Bertz CT molecular complexity index is 209. The molecule has 1 aliphatic heterocycles. The second-order valence-electron chi connectivity index (χ2n) is 5.13. The number of rotatable bonds is 4. The van der Waals surface area contributed by atoms with Crippen molar-refractivity contribution >= 4 is 0 Å². The molecule has 0 aromatic heterocycles. The molecule has 0 spiro atoms. The van der Waals surface area contributed by atoms with Crippen molar-refractivity contribution in [2.24, 2.45) is 5.41 Å². The quantitative estimate of drug-likeness (QED) is 0.636. The predicted octanol–water partition coefficient (Wildman–Crippen LogP) is 3.85. The van der Waals surface area contributed by atoms with Crippen molar-refractivity contribution in [3.8, 4) is 0 Å². The standard InChI is InChI=1S/C14H27N/c1-5-7-13(3)14(8-6-2)9-11-15(4)12-10-14/h7H,5-6,8-12H2,1-4H3. The zero-order valence-corrected chi connectivity index (χ0v) is 11.0. The fraction of sp³-hybridized carbons (Fsp3) is 0.857. The first-order valence-electron chi connectivity index (χ1n) is 6.50. The number of nitrogens with zero attached hydrogens (tertiary/aromatic N) is 1. The summed E-state index contributed by atoms with van der Waals surface area (Å²) in [7, 11) is 2.24. The van der Waals surface area contributed by atoms with Gasteiger partial charge in [-0.25, -0.2) is 0 Å². The Balaban J connectivity index is 2.74. The molecule has 0 amide bonds. The van der Waals surface area contributed by atoms with Gasteiger partial charge in [-0.15, -0.1) is 0 Å². The Kier molecular flexibility index (Phi) is 4.85. The Morgan fingerprint density at radius 1 is 1.27 bits per heavy atom. The molecule has 0 unspecified atom stereocenters. The fourth-order valence-electron chi connectivity index (χ4n) is 2.89. The van der Waals surface area contributed by atoms with Crippen LogP contribution in [0.25, 0.3) is 0 Å². The third-order valence-corrected chi connectivity index (χ3v) is 4.02. The minimum Gasteiger partial charge on any atom is -0.306 e. The highest BCUT2D eigenvalue weighted by Crippen LogP contribution is 2.42. The van der Waals surface area contributed by atoms with Crippen LogP contribution in [0.4, 0.5) is 0 Å². The van der Waals surface area contributed by atoms with E-state index >= 15 is 0 Å². The van der Waals surface area contributed by atoms with Crippen LogP contribution in [-0.4, -0.2) is 25.0 Å². The van der Waals surface area contributed by atoms with Crippen LogP contribution in [0, 0.1) is 5.41 Å². The van der Waals surface area contributed by atoms with E-state index in [1.807, 2.05) is 0 Å². The van der Waals surface area contributed by atoms with Gasteiger partial charge < -0.3 is 4.90 Å². The molecule has 1 heterocycles. The third-order valence-electron chi connectivity index (χ3n) is 4.02. The number of hydrogen-bond donors (Lipinski definition) is 0. The van der Waals surface area contributed by atoms with Gasteiger partial charge >= 0.3 is 0 Å². The maximum absolute atomic E-state index is 2.47. The molecule has 0 aliphatic carbocycles. The van der Waals surface area contributed by atoms with Crippen molar-refractivity contribution in [2.75, 3.05) is 20.1 Å². The van der Waals surface area contributed by atoms with E-state index < -0.39 is 0 Å². The minimum atomic E-state index is 0.539. The molecule has 0 N–H and O–H groups in total. The smallest absolute Gasteiger partial charge is 0.00134 e. The zero-order chi connectivity index (χ0) is 11.3. The molecule has 88 valence electrons. The molecule has 0 saturated carbocycles. The van der Waals surface area contributed by atoms with Gasteiger partial charge in [-0.05, 0) is 58.2 Å². The first kappa shape index (κ1) is 12.8. The summed E-state index contributed by atoms with van der Waals surface area (Å²) < 4.78 is 0. The Morgan fingerprint density at radius 2 is 1.87 bits per heavy atom. The molecular weight excluding hydrogens is 182 g/mol. The molecule has 1 heteroatoms. The molecule has 0 atom stereocenters. The van der Waals surface area contributed by atoms with Gasteiger partial charge in [-0.3, -0.25) is 0 Å². The van der Waals surface area contributed by atoms with Gasteiger partial charge in [0.2, 0.25) is 0 Å². The molecule has 0 radical (unpaired) electrons. The number of piperidine rings is 1. The number of allylic oxidation sites excluding steroid dienone is 2. The van der Waals surface area contributed by atoms with Crippen molar-refractivity contribution in [3.05, 3.63) is 11.6 Å². The van der Waals surface area contributed by atoms with Gasteiger partial charge in [-0.2, -0.15) is 0 Å². The van der Waals surface area contributed by atoms with Crippen LogP contribution < -0.4 is 0 Å². The highest BCUT2D eigenvalue weighted by molar-refractivity contribution is 5.13.